The molecule has 0 unspecified atom stereocenters. The molecule has 3 fully saturated rings. The number of aromatic nitrogens is 2. The van der Waals surface area contributed by atoms with Crippen molar-refractivity contribution in [3.63, 3.8) is 0 Å². The lowest BCUT2D eigenvalue weighted by Crippen LogP contribution is -2.60. The number of thioether (sulfide) groups is 1. The molecule has 2 aliphatic heterocycles. The quantitative estimate of drug-likeness (QED) is 0.847. The summed E-state index contributed by atoms with van der Waals surface area (Å²) in [5.74, 6) is 1.93. The number of ether oxygens (including phenoxy) is 1. The Morgan fingerprint density at radius 1 is 1.35 bits per heavy atom. The number of amides is 1. The van der Waals surface area contributed by atoms with Crippen molar-refractivity contribution < 1.29 is 9.53 Å². The molecule has 2 saturated heterocycles. The van der Waals surface area contributed by atoms with Crippen molar-refractivity contribution >= 4 is 17.7 Å². The number of rotatable bonds is 4. The molecule has 1 aromatic rings. The lowest BCUT2D eigenvalue weighted by molar-refractivity contribution is 0.0197. The first kappa shape index (κ1) is 15.4. The highest BCUT2D eigenvalue weighted by atomic mass is 32.2. The van der Waals surface area contributed by atoms with Crippen LogP contribution in [0.2, 0.25) is 0 Å². The van der Waals surface area contributed by atoms with E-state index in [-0.39, 0.29) is 10.7 Å². The van der Waals surface area contributed by atoms with Crippen molar-refractivity contribution in [3.05, 3.63) is 24.0 Å². The zero-order valence-corrected chi connectivity index (χ0v) is 14.1. The van der Waals surface area contributed by atoms with Crippen LogP contribution < -0.4 is 0 Å². The zero-order valence-electron chi connectivity index (χ0n) is 13.3. The Balaban J connectivity index is 1.25. The molecule has 0 N–H and O–H groups in total. The summed E-state index contributed by atoms with van der Waals surface area (Å²) in [7, 11) is 0. The van der Waals surface area contributed by atoms with Gasteiger partial charge in [0.05, 0.1) is 28.8 Å². The molecule has 0 bridgehead atoms. The van der Waals surface area contributed by atoms with Gasteiger partial charge in [0.15, 0.2) is 0 Å². The lowest BCUT2D eigenvalue weighted by atomic mass is 9.92. The van der Waals surface area contributed by atoms with E-state index >= 15 is 0 Å². The first-order valence-corrected chi connectivity index (χ1v) is 9.54. The second kappa shape index (κ2) is 6.40. The van der Waals surface area contributed by atoms with Gasteiger partial charge in [0.25, 0.3) is 5.91 Å². The molecule has 0 aromatic carbocycles. The molecule has 23 heavy (non-hydrogen) atoms. The monoisotopic (exact) mass is 333 g/mol. The van der Waals surface area contributed by atoms with Crippen LogP contribution in [-0.4, -0.2) is 57.3 Å². The van der Waals surface area contributed by atoms with Crippen LogP contribution in [0.5, 0.6) is 0 Å². The van der Waals surface area contributed by atoms with Gasteiger partial charge in [-0.15, -0.1) is 11.8 Å². The molecule has 1 saturated carbocycles. The fraction of sp³-hybridized carbons (Fsp3) is 0.706. The molecule has 1 aromatic heterocycles. The standard InChI is InChI=1S/C17H23N3O2S/c21-16(14-5-6-18-19-8-14)20-11-17(12-20)7-15(10-23-17)22-9-13-3-1-2-4-13/h5-6,8,13,15H,1-4,7,9-12H2/t15-/m0/s1. The summed E-state index contributed by atoms with van der Waals surface area (Å²) in [6.07, 6.45) is 10.0. The first-order chi connectivity index (χ1) is 11.2. The van der Waals surface area contributed by atoms with Crippen LogP contribution in [0.15, 0.2) is 18.5 Å². The zero-order chi connectivity index (χ0) is 15.7. The highest BCUT2D eigenvalue weighted by molar-refractivity contribution is 8.01. The Bertz CT molecular complexity index is 556. The maximum atomic E-state index is 12.4. The molecule has 3 heterocycles. The van der Waals surface area contributed by atoms with Gasteiger partial charge in [0.2, 0.25) is 0 Å². The minimum absolute atomic E-state index is 0.0708. The van der Waals surface area contributed by atoms with Crippen molar-refractivity contribution in [1.82, 2.24) is 15.1 Å². The average molecular weight is 333 g/mol. The molecule has 124 valence electrons. The van der Waals surface area contributed by atoms with Gasteiger partial charge < -0.3 is 9.64 Å². The summed E-state index contributed by atoms with van der Waals surface area (Å²) in [6, 6.07) is 1.73. The van der Waals surface area contributed by atoms with Crippen molar-refractivity contribution in [1.29, 1.82) is 0 Å². The molecule has 0 radical (unpaired) electrons. The molecular formula is C17H23N3O2S. The van der Waals surface area contributed by atoms with E-state index < -0.39 is 0 Å². The van der Waals surface area contributed by atoms with Crippen molar-refractivity contribution in [2.45, 2.75) is 43.0 Å². The molecule has 3 aliphatic rings. The predicted molar refractivity (Wildman–Crippen MR) is 89.4 cm³/mol. The number of carbonyl (C=O) groups is 1. The third kappa shape index (κ3) is 3.24. The fourth-order valence-corrected chi connectivity index (χ4v) is 5.52. The van der Waals surface area contributed by atoms with Gasteiger partial charge in [-0.1, -0.05) is 12.8 Å². The molecular weight excluding hydrogens is 310 g/mol. The van der Waals surface area contributed by atoms with Gasteiger partial charge in [0.1, 0.15) is 0 Å². The summed E-state index contributed by atoms with van der Waals surface area (Å²) in [5.41, 5.74) is 0.631. The van der Waals surface area contributed by atoms with Crippen LogP contribution in [-0.2, 0) is 4.74 Å². The normalized spacial score (nSPS) is 26.6. The summed E-state index contributed by atoms with van der Waals surface area (Å²) in [4.78, 5) is 14.3. The van der Waals surface area contributed by atoms with Gasteiger partial charge in [-0.05, 0) is 31.2 Å². The Hall–Kier alpha value is -1.14. The summed E-state index contributed by atoms with van der Waals surface area (Å²) < 4.78 is 6.39. The van der Waals surface area contributed by atoms with Crippen molar-refractivity contribution in [2.75, 3.05) is 25.4 Å². The Morgan fingerprint density at radius 2 is 2.17 bits per heavy atom. The van der Waals surface area contributed by atoms with E-state index in [9.17, 15) is 4.79 Å². The molecule has 1 amide bonds. The smallest absolute Gasteiger partial charge is 0.255 e. The van der Waals surface area contributed by atoms with Crippen LogP contribution in [0, 0.1) is 5.92 Å². The molecule has 1 atom stereocenters. The van der Waals surface area contributed by atoms with E-state index in [1.54, 1.807) is 18.5 Å². The van der Waals surface area contributed by atoms with E-state index in [0.29, 0.717) is 11.7 Å². The van der Waals surface area contributed by atoms with Crippen LogP contribution in [0.1, 0.15) is 42.5 Å². The van der Waals surface area contributed by atoms with Crippen molar-refractivity contribution in [3.8, 4) is 0 Å². The second-order valence-corrected chi connectivity index (χ2v) is 8.58. The minimum atomic E-state index is 0.0708. The highest BCUT2D eigenvalue weighted by Gasteiger charge is 2.51. The summed E-state index contributed by atoms with van der Waals surface area (Å²) in [6.45, 7) is 2.61. The molecule has 1 spiro atoms. The van der Waals surface area contributed by atoms with Gasteiger partial charge in [-0.25, -0.2) is 0 Å². The summed E-state index contributed by atoms with van der Waals surface area (Å²) in [5, 5.41) is 7.51. The maximum Gasteiger partial charge on any atom is 0.255 e. The third-order valence-corrected chi connectivity index (χ3v) is 6.87. The van der Waals surface area contributed by atoms with Crippen LogP contribution in [0.4, 0.5) is 0 Å². The molecule has 4 rings (SSSR count). The Morgan fingerprint density at radius 3 is 2.91 bits per heavy atom. The molecule has 6 heteroatoms. The minimum Gasteiger partial charge on any atom is -0.377 e. The van der Waals surface area contributed by atoms with Gasteiger partial charge in [-0.2, -0.15) is 10.2 Å². The van der Waals surface area contributed by atoms with E-state index in [1.807, 2.05) is 16.7 Å². The number of likely N-dealkylation sites (tertiary alicyclic amines) is 1. The van der Waals surface area contributed by atoms with Crippen LogP contribution >= 0.6 is 11.8 Å². The second-order valence-electron chi connectivity index (χ2n) is 7.10. The largest absolute Gasteiger partial charge is 0.377 e. The first-order valence-electron chi connectivity index (χ1n) is 8.56. The maximum absolute atomic E-state index is 12.4. The van der Waals surface area contributed by atoms with Gasteiger partial charge in [-0.3, -0.25) is 4.79 Å². The molecule has 5 nitrogen and oxygen atoms in total. The Labute approximate surface area is 141 Å². The Kier molecular flexibility index (Phi) is 4.28. The third-order valence-electron chi connectivity index (χ3n) is 5.29. The predicted octanol–water partition coefficient (Wildman–Crippen LogP) is 2.38. The van der Waals surface area contributed by atoms with Crippen LogP contribution in [0.25, 0.3) is 0 Å². The number of hydrogen-bond donors (Lipinski definition) is 0. The SMILES string of the molecule is O=C(c1ccnnc1)N1CC2(C[C@H](OCC3CCCC3)CS2)C1. The summed E-state index contributed by atoms with van der Waals surface area (Å²) >= 11 is 1.99. The number of hydrogen-bond acceptors (Lipinski definition) is 5. The van der Waals surface area contributed by atoms with Crippen LogP contribution in [0.3, 0.4) is 0 Å². The van der Waals surface area contributed by atoms with Gasteiger partial charge in [0, 0.05) is 25.4 Å². The topological polar surface area (TPSA) is 55.3 Å². The number of nitrogens with zero attached hydrogens (tertiary/aromatic N) is 3. The van der Waals surface area contributed by atoms with E-state index in [0.717, 1.165) is 37.8 Å². The fourth-order valence-electron chi connectivity index (χ4n) is 3.97. The van der Waals surface area contributed by atoms with Crippen molar-refractivity contribution in [2.24, 2.45) is 5.92 Å². The highest BCUT2D eigenvalue weighted by Crippen LogP contribution is 2.46. The molecule has 1 aliphatic carbocycles. The van der Waals surface area contributed by atoms with E-state index in [2.05, 4.69) is 10.2 Å². The van der Waals surface area contributed by atoms with E-state index in [4.69, 9.17) is 4.74 Å². The number of carbonyl (C=O) groups excluding carboxylic acids is 1. The van der Waals surface area contributed by atoms with Gasteiger partial charge >= 0.3 is 0 Å². The van der Waals surface area contributed by atoms with E-state index in [1.165, 1.54) is 25.7 Å². The lowest BCUT2D eigenvalue weighted by Gasteiger charge is -2.47. The average Bonchev–Trinajstić information content (AvgIpc) is 3.21.